The molecule has 0 bridgehead atoms. The molecule has 2 heterocycles. The van der Waals surface area contributed by atoms with Crippen molar-refractivity contribution in [1.82, 2.24) is 30.3 Å². The first-order chi connectivity index (χ1) is 13.8. The summed E-state index contributed by atoms with van der Waals surface area (Å²) >= 11 is 0. The predicted molar refractivity (Wildman–Crippen MR) is 125 cm³/mol. The molecule has 0 aliphatic carbocycles. The molecular weight excluding hydrogens is 481 g/mol. The van der Waals surface area contributed by atoms with Crippen LogP contribution in [-0.4, -0.2) is 58.5 Å². The molecule has 0 amide bonds. The third-order valence-corrected chi connectivity index (χ3v) is 4.82. The summed E-state index contributed by atoms with van der Waals surface area (Å²) in [7, 11) is 0. The number of benzene rings is 1. The second kappa shape index (κ2) is 12.8. The monoisotopic (exact) mass is 513 g/mol. The highest BCUT2D eigenvalue weighted by Crippen LogP contribution is 2.14. The largest absolute Gasteiger partial charge is 0.379 e. The molecule has 0 atom stereocenters. The van der Waals surface area contributed by atoms with Gasteiger partial charge in [0.2, 0.25) is 0 Å². The average molecular weight is 513 g/mol. The molecule has 29 heavy (non-hydrogen) atoms. The van der Waals surface area contributed by atoms with Crippen LogP contribution < -0.4 is 10.6 Å². The zero-order valence-electron chi connectivity index (χ0n) is 17.3. The number of nitrogens with one attached hydrogen (secondary N) is 2. The standard InChI is InChI=1S/C20H31N7O.HI/c1-3-21-20(23-14-19-25-24-16-27(19)4-2)22-13-17-7-5-6-8-18(17)15-26-9-11-28-12-10-26;/h5-8,16H,3-4,9-15H2,1-2H3,(H2,21,22,23);1H. The smallest absolute Gasteiger partial charge is 0.191 e. The van der Waals surface area contributed by atoms with Gasteiger partial charge in [-0.05, 0) is 25.0 Å². The number of ether oxygens (including phenoxy) is 1. The Morgan fingerprint density at radius 1 is 1.14 bits per heavy atom. The van der Waals surface area contributed by atoms with Gasteiger partial charge in [0.25, 0.3) is 0 Å². The van der Waals surface area contributed by atoms with Gasteiger partial charge in [-0.15, -0.1) is 34.2 Å². The molecule has 1 aliphatic heterocycles. The van der Waals surface area contributed by atoms with E-state index in [1.807, 2.05) is 4.57 Å². The van der Waals surface area contributed by atoms with Gasteiger partial charge in [0.1, 0.15) is 6.33 Å². The minimum Gasteiger partial charge on any atom is -0.379 e. The Balaban J connectivity index is 0.00000300. The number of aromatic nitrogens is 3. The predicted octanol–water partition coefficient (Wildman–Crippen LogP) is 2.00. The van der Waals surface area contributed by atoms with Crippen molar-refractivity contribution in [1.29, 1.82) is 0 Å². The summed E-state index contributed by atoms with van der Waals surface area (Å²) in [6.45, 7) is 11.6. The van der Waals surface area contributed by atoms with Gasteiger partial charge in [-0.1, -0.05) is 24.3 Å². The van der Waals surface area contributed by atoms with Gasteiger partial charge in [0.05, 0.1) is 26.3 Å². The van der Waals surface area contributed by atoms with Crippen molar-refractivity contribution in [2.45, 2.75) is 40.0 Å². The Kier molecular flexibility index (Phi) is 10.4. The fourth-order valence-electron chi connectivity index (χ4n) is 3.21. The number of rotatable bonds is 8. The fourth-order valence-corrected chi connectivity index (χ4v) is 3.21. The maximum absolute atomic E-state index is 5.46. The lowest BCUT2D eigenvalue weighted by Gasteiger charge is -2.27. The van der Waals surface area contributed by atoms with Crippen LogP contribution in [0.3, 0.4) is 0 Å². The third-order valence-electron chi connectivity index (χ3n) is 4.82. The van der Waals surface area contributed by atoms with Crippen LogP contribution >= 0.6 is 24.0 Å². The van der Waals surface area contributed by atoms with Crippen molar-refractivity contribution in [3.05, 3.63) is 47.5 Å². The van der Waals surface area contributed by atoms with E-state index in [0.29, 0.717) is 13.1 Å². The average Bonchev–Trinajstić information content (AvgIpc) is 3.19. The molecule has 1 saturated heterocycles. The van der Waals surface area contributed by atoms with Crippen LogP contribution in [0.25, 0.3) is 0 Å². The molecule has 0 saturated carbocycles. The van der Waals surface area contributed by atoms with E-state index in [-0.39, 0.29) is 24.0 Å². The fraction of sp³-hybridized carbons (Fsp3) is 0.550. The van der Waals surface area contributed by atoms with Crippen molar-refractivity contribution in [2.24, 2.45) is 4.99 Å². The van der Waals surface area contributed by atoms with Gasteiger partial charge in [-0.2, -0.15) is 0 Å². The lowest BCUT2D eigenvalue weighted by molar-refractivity contribution is 0.0341. The number of nitrogens with zero attached hydrogens (tertiary/aromatic N) is 5. The second-order valence-electron chi connectivity index (χ2n) is 6.74. The van der Waals surface area contributed by atoms with Crippen molar-refractivity contribution in [2.75, 3.05) is 32.8 Å². The number of hydrogen-bond donors (Lipinski definition) is 2. The lowest BCUT2D eigenvalue weighted by atomic mass is 10.1. The second-order valence-corrected chi connectivity index (χ2v) is 6.74. The minimum absolute atomic E-state index is 0. The van der Waals surface area contributed by atoms with Crippen molar-refractivity contribution >= 4 is 29.9 Å². The first-order valence-corrected chi connectivity index (χ1v) is 10.1. The van der Waals surface area contributed by atoms with E-state index in [4.69, 9.17) is 9.73 Å². The highest BCUT2D eigenvalue weighted by molar-refractivity contribution is 14.0. The maximum Gasteiger partial charge on any atom is 0.191 e. The van der Waals surface area contributed by atoms with Gasteiger partial charge in [-0.3, -0.25) is 4.90 Å². The third kappa shape index (κ3) is 7.23. The van der Waals surface area contributed by atoms with E-state index in [1.165, 1.54) is 11.1 Å². The van der Waals surface area contributed by atoms with E-state index < -0.39 is 0 Å². The summed E-state index contributed by atoms with van der Waals surface area (Å²) in [4.78, 5) is 7.22. The number of hydrogen-bond acceptors (Lipinski definition) is 5. The Morgan fingerprint density at radius 2 is 1.90 bits per heavy atom. The van der Waals surface area contributed by atoms with Crippen LogP contribution in [0.2, 0.25) is 0 Å². The molecule has 0 unspecified atom stereocenters. The molecule has 9 heteroatoms. The Hall–Kier alpha value is -1.72. The Bertz CT molecular complexity index is 759. The molecule has 1 aromatic heterocycles. The van der Waals surface area contributed by atoms with E-state index >= 15 is 0 Å². The summed E-state index contributed by atoms with van der Waals surface area (Å²) in [5.41, 5.74) is 2.58. The van der Waals surface area contributed by atoms with Crippen LogP contribution in [0.1, 0.15) is 30.8 Å². The maximum atomic E-state index is 5.46. The Morgan fingerprint density at radius 3 is 2.62 bits per heavy atom. The van der Waals surface area contributed by atoms with Gasteiger partial charge in [-0.25, -0.2) is 4.99 Å². The van der Waals surface area contributed by atoms with Gasteiger partial charge in [0.15, 0.2) is 11.8 Å². The van der Waals surface area contributed by atoms with E-state index in [9.17, 15) is 0 Å². The molecule has 3 rings (SSSR count). The molecule has 1 aliphatic rings. The number of guanidine groups is 1. The van der Waals surface area contributed by atoms with Crippen LogP contribution in [-0.2, 0) is 30.9 Å². The zero-order valence-corrected chi connectivity index (χ0v) is 19.6. The van der Waals surface area contributed by atoms with Gasteiger partial charge >= 0.3 is 0 Å². The van der Waals surface area contributed by atoms with Crippen LogP contribution in [0, 0.1) is 0 Å². The lowest BCUT2D eigenvalue weighted by Crippen LogP contribution is -2.37. The molecule has 1 aromatic carbocycles. The van der Waals surface area contributed by atoms with Crippen molar-refractivity contribution in [3.8, 4) is 0 Å². The quantitative estimate of drug-likeness (QED) is 0.320. The summed E-state index contributed by atoms with van der Waals surface area (Å²) < 4.78 is 7.48. The van der Waals surface area contributed by atoms with Crippen molar-refractivity contribution < 1.29 is 4.74 Å². The summed E-state index contributed by atoms with van der Waals surface area (Å²) in [6.07, 6.45) is 1.75. The molecule has 0 spiro atoms. The van der Waals surface area contributed by atoms with Crippen LogP contribution in [0.4, 0.5) is 0 Å². The van der Waals surface area contributed by atoms with Crippen molar-refractivity contribution in [3.63, 3.8) is 0 Å². The van der Waals surface area contributed by atoms with E-state index in [2.05, 4.69) is 63.8 Å². The SMILES string of the molecule is CCNC(=NCc1ccccc1CN1CCOCC1)NCc1nncn1CC.I. The van der Waals surface area contributed by atoms with Crippen LogP contribution in [0.5, 0.6) is 0 Å². The number of aliphatic imine (C=N–C) groups is 1. The highest BCUT2D eigenvalue weighted by atomic mass is 127. The molecule has 2 N–H and O–H groups in total. The molecule has 160 valence electrons. The summed E-state index contributed by atoms with van der Waals surface area (Å²) in [6, 6.07) is 8.54. The molecule has 8 nitrogen and oxygen atoms in total. The number of morpholine rings is 1. The topological polar surface area (TPSA) is 79.6 Å². The summed E-state index contributed by atoms with van der Waals surface area (Å²) in [5, 5.41) is 14.8. The van der Waals surface area contributed by atoms with Gasteiger partial charge in [0, 0.05) is 32.7 Å². The minimum atomic E-state index is 0. The number of aryl methyl sites for hydroxylation is 1. The summed E-state index contributed by atoms with van der Waals surface area (Å²) in [5.74, 6) is 1.69. The zero-order chi connectivity index (χ0) is 19.6. The number of halogens is 1. The molecule has 0 radical (unpaired) electrons. The Labute approximate surface area is 190 Å². The highest BCUT2D eigenvalue weighted by Gasteiger charge is 2.12. The molecule has 1 fully saturated rings. The van der Waals surface area contributed by atoms with E-state index in [1.54, 1.807) is 6.33 Å². The van der Waals surface area contributed by atoms with Gasteiger partial charge < -0.3 is 19.9 Å². The molecule has 2 aromatic rings. The first kappa shape index (κ1) is 23.6. The first-order valence-electron chi connectivity index (χ1n) is 10.1. The van der Waals surface area contributed by atoms with E-state index in [0.717, 1.165) is 57.7 Å². The van der Waals surface area contributed by atoms with Crippen LogP contribution in [0.15, 0.2) is 35.6 Å². The molecular formula is C20H32IN7O. The normalized spacial score (nSPS) is 15.0.